The quantitative estimate of drug-likeness (QED) is 0.759. The lowest BCUT2D eigenvalue weighted by Gasteiger charge is -2.42. The molecule has 0 aromatic heterocycles. The minimum Gasteiger partial charge on any atom is -0.368 e. The van der Waals surface area contributed by atoms with Crippen LogP contribution in [0.1, 0.15) is 45.4 Å². The van der Waals surface area contributed by atoms with Crippen LogP contribution in [-0.2, 0) is 9.53 Å². The lowest BCUT2D eigenvalue weighted by atomic mass is 9.75. The van der Waals surface area contributed by atoms with Gasteiger partial charge < -0.3 is 15.4 Å². The first-order valence-electron chi connectivity index (χ1n) is 6.87. The number of amides is 1. The fraction of sp³-hybridized carbons (Fsp3) is 0.923. The predicted octanol–water partition coefficient (Wildman–Crippen LogP) is 1.20. The molecule has 1 amide bonds. The van der Waals surface area contributed by atoms with E-state index in [0.717, 1.165) is 45.2 Å². The van der Waals surface area contributed by atoms with Gasteiger partial charge >= 0.3 is 0 Å². The Labute approximate surface area is 103 Å². The molecule has 0 atom stereocenters. The van der Waals surface area contributed by atoms with Crippen LogP contribution in [0.4, 0.5) is 0 Å². The van der Waals surface area contributed by atoms with Crippen molar-refractivity contribution in [2.24, 2.45) is 0 Å². The molecule has 0 spiro atoms. The lowest BCUT2D eigenvalue weighted by Crippen LogP contribution is -2.54. The predicted molar refractivity (Wildman–Crippen MR) is 66.9 cm³/mol. The molecule has 0 aromatic carbocycles. The zero-order chi connectivity index (χ0) is 12.1. The summed E-state index contributed by atoms with van der Waals surface area (Å²) < 4.78 is 5.65. The number of nitrogens with one attached hydrogen (secondary N) is 2. The summed E-state index contributed by atoms with van der Waals surface area (Å²) in [5.41, 5.74) is 0.0918. The third-order valence-corrected chi connectivity index (χ3v) is 4.13. The van der Waals surface area contributed by atoms with E-state index in [1.54, 1.807) is 0 Å². The number of piperidine rings is 1. The Morgan fingerprint density at radius 2 is 2.12 bits per heavy atom. The topological polar surface area (TPSA) is 50.4 Å². The second-order valence-electron chi connectivity index (χ2n) is 5.30. The number of hydrogen-bond donors (Lipinski definition) is 2. The normalized spacial score (nSPS) is 24.1. The maximum atomic E-state index is 11.8. The summed E-state index contributed by atoms with van der Waals surface area (Å²) in [6.45, 7) is 4.38. The lowest BCUT2D eigenvalue weighted by molar-refractivity contribution is -0.131. The average Bonchev–Trinajstić information content (AvgIpc) is 2.33. The largest absolute Gasteiger partial charge is 0.368 e. The molecule has 2 fully saturated rings. The van der Waals surface area contributed by atoms with E-state index in [0.29, 0.717) is 0 Å². The Morgan fingerprint density at radius 3 is 2.65 bits per heavy atom. The zero-order valence-corrected chi connectivity index (χ0v) is 10.8. The molecule has 4 nitrogen and oxygen atoms in total. The van der Waals surface area contributed by atoms with E-state index in [2.05, 4.69) is 17.6 Å². The Bertz CT molecular complexity index is 253. The van der Waals surface area contributed by atoms with Crippen molar-refractivity contribution >= 4 is 5.91 Å². The van der Waals surface area contributed by atoms with Gasteiger partial charge in [0, 0.05) is 5.54 Å². The summed E-state index contributed by atoms with van der Waals surface area (Å²) in [5.74, 6) is 0.0603. The van der Waals surface area contributed by atoms with Gasteiger partial charge in [-0.15, -0.1) is 0 Å². The van der Waals surface area contributed by atoms with Crippen LogP contribution >= 0.6 is 0 Å². The minimum atomic E-state index is 0.0603. The van der Waals surface area contributed by atoms with E-state index in [-0.39, 0.29) is 24.2 Å². The Kier molecular flexibility index (Phi) is 4.40. The monoisotopic (exact) mass is 240 g/mol. The SMILES string of the molecule is CCC1(NC(=O)COC2CCNCC2)CCC1. The van der Waals surface area contributed by atoms with Gasteiger partial charge in [-0.1, -0.05) is 6.92 Å². The van der Waals surface area contributed by atoms with E-state index < -0.39 is 0 Å². The van der Waals surface area contributed by atoms with Crippen LogP contribution in [-0.4, -0.2) is 37.2 Å². The summed E-state index contributed by atoms with van der Waals surface area (Å²) in [5, 5.41) is 6.43. The third-order valence-electron chi connectivity index (χ3n) is 4.13. The van der Waals surface area contributed by atoms with Gasteiger partial charge in [-0.3, -0.25) is 4.79 Å². The molecule has 17 heavy (non-hydrogen) atoms. The molecule has 1 aliphatic carbocycles. The fourth-order valence-corrected chi connectivity index (χ4v) is 2.66. The molecule has 0 radical (unpaired) electrons. The van der Waals surface area contributed by atoms with Gasteiger partial charge in [-0.05, 0) is 51.6 Å². The first-order chi connectivity index (χ1) is 8.24. The van der Waals surface area contributed by atoms with E-state index in [4.69, 9.17) is 4.74 Å². The van der Waals surface area contributed by atoms with Gasteiger partial charge in [0.05, 0.1) is 6.10 Å². The van der Waals surface area contributed by atoms with Crippen molar-refractivity contribution < 1.29 is 9.53 Å². The van der Waals surface area contributed by atoms with Crippen molar-refractivity contribution in [3.63, 3.8) is 0 Å². The van der Waals surface area contributed by atoms with Crippen molar-refractivity contribution in [1.29, 1.82) is 0 Å². The molecule has 4 heteroatoms. The number of rotatable bonds is 5. The summed E-state index contributed by atoms with van der Waals surface area (Å²) in [7, 11) is 0. The highest BCUT2D eigenvalue weighted by Crippen LogP contribution is 2.34. The molecule has 1 aliphatic heterocycles. The molecule has 2 aliphatic rings. The smallest absolute Gasteiger partial charge is 0.246 e. The molecule has 2 rings (SSSR count). The Balaban J connectivity index is 1.66. The Hall–Kier alpha value is -0.610. The van der Waals surface area contributed by atoms with E-state index in [1.807, 2.05) is 0 Å². The number of carbonyl (C=O) groups excluding carboxylic acids is 1. The highest BCUT2D eigenvalue weighted by molar-refractivity contribution is 5.78. The standard InChI is InChI=1S/C13H24N2O2/c1-2-13(6-3-7-13)15-12(16)10-17-11-4-8-14-9-5-11/h11,14H,2-10H2,1H3,(H,15,16). The molecule has 1 saturated carbocycles. The number of ether oxygens (including phenoxy) is 1. The summed E-state index contributed by atoms with van der Waals surface area (Å²) >= 11 is 0. The number of carbonyl (C=O) groups is 1. The van der Waals surface area contributed by atoms with Crippen molar-refractivity contribution in [1.82, 2.24) is 10.6 Å². The first-order valence-corrected chi connectivity index (χ1v) is 6.87. The van der Waals surface area contributed by atoms with Crippen molar-refractivity contribution in [2.75, 3.05) is 19.7 Å². The van der Waals surface area contributed by atoms with Crippen LogP contribution in [0.5, 0.6) is 0 Å². The maximum Gasteiger partial charge on any atom is 0.246 e. The molecule has 1 saturated heterocycles. The van der Waals surface area contributed by atoms with Crippen LogP contribution in [0.2, 0.25) is 0 Å². The molecule has 2 N–H and O–H groups in total. The van der Waals surface area contributed by atoms with Gasteiger partial charge in [0.2, 0.25) is 5.91 Å². The Morgan fingerprint density at radius 1 is 1.41 bits per heavy atom. The molecule has 0 aromatic rings. The highest BCUT2D eigenvalue weighted by Gasteiger charge is 2.36. The summed E-state index contributed by atoms with van der Waals surface area (Å²) in [6.07, 6.45) is 6.83. The van der Waals surface area contributed by atoms with Crippen LogP contribution in [0.15, 0.2) is 0 Å². The van der Waals surface area contributed by atoms with Gasteiger partial charge in [0.15, 0.2) is 0 Å². The van der Waals surface area contributed by atoms with Crippen LogP contribution < -0.4 is 10.6 Å². The van der Waals surface area contributed by atoms with Crippen LogP contribution in [0.25, 0.3) is 0 Å². The number of hydrogen-bond acceptors (Lipinski definition) is 3. The second kappa shape index (κ2) is 5.83. The molecular formula is C13H24N2O2. The molecule has 0 bridgehead atoms. The van der Waals surface area contributed by atoms with E-state index in [1.165, 1.54) is 6.42 Å². The second-order valence-corrected chi connectivity index (χ2v) is 5.30. The van der Waals surface area contributed by atoms with Crippen LogP contribution in [0, 0.1) is 0 Å². The third kappa shape index (κ3) is 3.42. The minimum absolute atomic E-state index is 0.0603. The van der Waals surface area contributed by atoms with Crippen molar-refractivity contribution in [3.05, 3.63) is 0 Å². The van der Waals surface area contributed by atoms with Gasteiger partial charge in [0.25, 0.3) is 0 Å². The first kappa shape index (κ1) is 12.8. The van der Waals surface area contributed by atoms with Gasteiger partial charge in [-0.25, -0.2) is 0 Å². The summed E-state index contributed by atoms with van der Waals surface area (Å²) in [4.78, 5) is 11.8. The van der Waals surface area contributed by atoms with Crippen molar-refractivity contribution in [3.8, 4) is 0 Å². The van der Waals surface area contributed by atoms with Crippen LogP contribution in [0.3, 0.4) is 0 Å². The fourth-order valence-electron chi connectivity index (χ4n) is 2.66. The van der Waals surface area contributed by atoms with Gasteiger partial charge in [0.1, 0.15) is 6.61 Å². The summed E-state index contributed by atoms with van der Waals surface area (Å²) in [6, 6.07) is 0. The molecule has 0 unspecified atom stereocenters. The van der Waals surface area contributed by atoms with E-state index in [9.17, 15) is 4.79 Å². The van der Waals surface area contributed by atoms with E-state index >= 15 is 0 Å². The van der Waals surface area contributed by atoms with Gasteiger partial charge in [-0.2, -0.15) is 0 Å². The highest BCUT2D eigenvalue weighted by atomic mass is 16.5. The van der Waals surface area contributed by atoms with Crippen molar-refractivity contribution in [2.45, 2.75) is 57.1 Å². The molecular weight excluding hydrogens is 216 g/mol. The maximum absolute atomic E-state index is 11.8. The average molecular weight is 240 g/mol. The zero-order valence-electron chi connectivity index (χ0n) is 10.8. The molecule has 98 valence electrons. The molecule has 1 heterocycles.